The van der Waals surface area contributed by atoms with Crippen LogP contribution in [0.3, 0.4) is 0 Å². The minimum Gasteiger partial charge on any atom is -0.393 e. The Morgan fingerprint density at radius 1 is 0.889 bits per heavy atom. The van der Waals surface area contributed by atoms with Crippen LogP contribution in [0.5, 0.6) is 0 Å². The molecule has 0 fully saturated rings. The molecule has 0 unspecified atom stereocenters. The van der Waals surface area contributed by atoms with Gasteiger partial charge >= 0.3 is 0 Å². The Labute approximate surface area is 108 Å². The zero-order valence-electron chi connectivity index (χ0n) is 10.5. The van der Waals surface area contributed by atoms with Crippen LogP contribution in [-0.2, 0) is 5.60 Å². The fraction of sp³-hybridized carbons (Fsp3) is 0.250. The largest absolute Gasteiger partial charge is 0.393 e. The summed E-state index contributed by atoms with van der Waals surface area (Å²) in [7, 11) is 0. The van der Waals surface area contributed by atoms with Crippen molar-refractivity contribution in [1.82, 2.24) is 0 Å². The molecule has 2 aromatic carbocycles. The highest BCUT2D eigenvalue weighted by Gasteiger charge is 2.32. The van der Waals surface area contributed by atoms with Crippen LogP contribution in [0.1, 0.15) is 24.5 Å². The lowest BCUT2D eigenvalue weighted by Gasteiger charge is -2.30. The lowest BCUT2D eigenvalue weighted by Crippen LogP contribution is -2.31. The average Bonchev–Trinajstić information content (AvgIpc) is 2.40. The molecule has 2 nitrogen and oxygen atoms in total. The first kappa shape index (κ1) is 12.8. The van der Waals surface area contributed by atoms with E-state index >= 15 is 0 Å². The van der Waals surface area contributed by atoms with Crippen molar-refractivity contribution in [3.8, 4) is 0 Å². The van der Waals surface area contributed by atoms with Gasteiger partial charge in [-0.05, 0) is 18.1 Å². The lowest BCUT2D eigenvalue weighted by molar-refractivity contribution is 0.0238. The van der Waals surface area contributed by atoms with E-state index in [0.29, 0.717) is 0 Å². The first-order chi connectivity index (χ1) is 8.63. The molecule has 0 aromatic heterocycles. The third-order valence-electron chi connectivity index (χ3n) is 3.09. The van der Waals surface area contributed by atoms with Gasteiger partial charge in [-0.25, -0.2) is 0 Å². The van der Waals surface area contributed by atoms with Crippen LogP contribution in [0.4, 0.5) is 0 Å². The first-order valence-corrected chi connectivity index (χ1v) is 6.14. The molecule has 2 heteroatoms. The predicted molar refractivity (Wildman–Crippen MR) is 72.2 cm³/mol. The molecule has 2 aromatic rings. The normalized spacial score (nSPS) is 13.3. The molecule has 1 atom stereocenters. The Kier molecular flexibility index (Phi) is 3.80. The van der Waals surface area contributed by atoms with Crippen molar-refractivity contribution >= 4 is 0 Å². The number of hydrogen-bond acceptors (Lipinski definition) is 2. The third kappa shape index (κ3) is 2.61. The highest BCUT2D eigenvalue weighted by Crippen LogP contribution is 2.33. The molecule has 0 aliphatic heterocycles. The van der Waals surface area contributed by atoms with Crippen molar-refractivity contribution in [2.24, 2.45) is 0 Å². The quantitative estimate of drug-likeness (QED) is 0.865. The molecule has 2 rings (SSSR count). The fourth-order valence-corrected chi connectivity index (χ4v) is 2.26. The molecule has 2 N–H and O–H groups in total. The number of rotatable bonds is 4. The van der Waals surface area contributed by atoms with Gasteiger partial charge in [0.15, 0.2) is 0 Å². The van der Waals surface area contributed by atoms with Gasteiger partial charge in [-0.3, -0.25) is 0 Å². The highest BCUT2D eigenvalue weighted by atomic mass is 16.3. The summed E-state index contributed by atoms with van der Waals surface area (Å²) in [5, 5.41) is 20.6. The summed E-state index contributed by atoms with van der Waals surface area (Å²) in [6.07, 6.45) is -0.295. The minimum absolute atomic E-state index is 0.279. The lowest BCUT2D eigenvalue weighted by atomic mass is 9.82. The first-order valence-electron chi connectivity index (χ1n) is 6.14. The third-order valence-corrected chi connectivity index (χ3v) is 3.09. The van der Waals surface area contributed by atoms with Gasteiger partial charge in [0.05, 0.1) is 6.10 Å². The van der Waals surface area contributed by atoms with Crippen molar-refractivity contribution < 1.29 is 10.2 Å². The standard InChI is InChI=1S/C16H18O2/c1-13(17)12-16(18,14-8-4-2-5-9-14)15-10-6-3-7-11-15/h2-11,13,17-18H,12H2,1H3/t13-/m0/s1. The summed E-state index contributed by atoms with van der Waals surface area (Å²) >= 11 is 0. The van der Waals surface area contributed by atoms with Gasteiger partial charge in [0.25, 0.3) is 0 Å². The maximum Gasteiger partial charge on any atom is 0.117 e. The Hall–Kier alpha value is -1.64. The Balaban J connectivity index is 2.48. The number of aliphatic hydroxyl groups is 2. The van der Waals surface area contributed by atoms with Gasteiger partial charge in [0.1, 0.15) is 5.60 Å². The molecule has 0 saturated carbocycles. The van der Waals surface area contributed by atoms with Gasteiger partial charge in [-0.15, -0.1) is 0 Å². The molecule has 0 heterocycles. The highest BCUT2D eigenvalue weighted by molar-refractivity contribution is 5.35. The Morgan fingerprint density at radius 3 is 1.61 bits per heavy atom. The molecule has 0 radical (unpaired) electrons. The van der Waals surface area contributed by atoms with E-state index in [2.05, 4.69) is 0 Å². The molecule has 0 saturated heterocycles. The minimum atomic E-state index is -1.14. The molecule has 0 amide bonds. The van der Waals surface area contributed by atoms with E-state index < -0.39 is 11.7 Å². The van der Waals surface area contributed by atoms with Gasteiger partial charge in [0.2, 0.25) is 0 Å². The summed E-state index contributed by atoms with van der Waals surface area (Å²) in [5.74, 6) is 0. The second-order valence-corrected chi connectivity index (χ2v) is 4.65. The maximum absolute atomic E-state index is 11.0. The van der Waals surface area contributed by atoms with Gasteiger partial charge in [-0.1, -0.05) is 60.7 Å². The summed E-state index contributed by atoms with van der Waals surface area (Å²) in [4.78, 5) is 0. The van der Waals surface area contributed by atoms with Crippen LogP contribution in [0.2, 0.25) is 0 Å². The average molecular weight is 242 g/mol. The second kappa shape index (κ2) is 5.34. The predicted octanol–water partition coefficient (Wildman–Crippen LogP) is 2.69. The van der Waals surface area contributed by atoms with E-state index in [9.17, 15) is 10.2 Å². The maximum atomic E-state index is 11.0. The molecular weight excluding hydrogens is 224 g/mol. The van der Waals surface area contributed by atoms with Crippen molar-refractivity contribution in [2.75, 3.05) is 0 Å². The number of aliphatic hydroxyl groups excluding tert-OH is 1. The van der Waals surface area contributed by atoms with E-state index in [1.807, 2.05) is 60.7 Å². The van der Waals surface area contributed by atoms with E-state index in [-0.39, 0.29) is 6.42 Å². The molecule has 0 bridgehead atoms. The Bertz CT molecular complexity index is 437. The zero-order valence-corrected chi connectivity index (χ0v) is 10.5. The van der Waals surface area contributed by atoms with Crippen molar-refractivity contribution in [1.29, 1.82) is 0 Å². The van der Waals surface area contributed by atoms with E-state index in [4.69, 9.17) is 0 Å². The number of hydrogen-bond donors (Lipinski definition) is 2. The smallest absolute Gasteiger partial charge is 0.117 e. The molecule has 0 aliphatic rings. The van der Waals surface area contributed by atoms with Crippen LogP contribution in [-0.4, -0.2) is 16.3 Å². The van der Waals surface area contributed by atoms with E-state index in [0.717, 1.165) is 11.1 Å². The van der Waals surface area contributed by atoms with Gasteiger partial charge < -0.3 is 10.2 Å². The van der Waals surface area contributed by atoms with Gasteiger partial charge in [0, 0.05) is 6.42 Å². The summed E-state index contributed by atoms with van der Waals surface area (Å²) in [5.41, 5.74) is 0.464. The van der Waals surface area contributed by atoms with Gasteiger partial charge in [-0.2, -0.15) is 0 Å². The molecule has 0 aliphatic carbocycles. The molecule has 94 valence electrons. The van der Waals surface area contributed by atoms with Crippen LogP contribution in [0.25, 0.3) is 0 Å². The second-order valence-electron chi connectivity index (χ2n) is 4.65. The topological polar surface area (TPSA) is 40.5 Å². The molecular formula is C16H18O2. The zero-order chi connectivity index (χ0) is 13.0. The Morgan fingerprint density at radius 2 is 1.28 bits per heavy atom. The SMILES string of the molecule is C[C@H](O)CC(O)(c1ccccc1)c1ccccc1. The summed E-state index contributed by atoms with van der Waals surface area (Å²) < 4.78 is 0. The van der Waals surface area contributed by atoms with E-state index in [1.54, 1.807) is 6.92 Å². The summed E-state index contributed by atoms with van der Waals surface area (Å²) in [6.45, 7) is 1.69. The number of benzene rings is 2. The monoisotopic (exact) mass is 242 g/mol. The van der Waals surface area contributed by atoms with Crippen molar-refractivity contribution in [3.05, 3.63) is 71.8 Å². The van der Waals surface area contributed by atoms with Crippen LogP contribution in [0.15, 0.2) is 60.7 Å². The van der Waals surface area contributed by atoms with E-state index in [1.165, 1.54) is 0 Å². The van der Waals surface area contributed by atoms with Crippen molar-refractivity contribution in [3.63, 3.8) is 0 Å². The molecule has 18 heavy (non-hydrogen) atoms. The summed E-state index contributed by atoms with van der Waals surface area (Å²) in [6, 6.07) is 18.9. The van der Waals surface area contributed by atoms with Crippen LogP contribution < -0.4 is 0 Å². The fourth-order valence-electron chi connectivity index (χ4n) is 2.26. The van der Waals surface area contributed by atoms with Crippen molar-refractivity contribution in [2.45, 2.75) is 25.0 Å². The molecule has 0 spiro atoms. The van der Waals surface area contributed by atoms with Crippen LogP contribution >= 0.6 is 0 Å². The van der Waals surface area contributed by atoms with Crippen LogP contribution in [0, 0.1) is 0 Å².